The van der Waals surface area contributed by atoms with Gasteiger partial charge in [0.25, 0.3) is 0 Å². The summed E-state index contributed by atoms with van der Waals surface area (Å²) in [4.78, 5) is 0. The lowest BCUT2D eigenvalue weighted by Gasteiger charge is -2.04. The van der Waals surface area contributed by atoms with Crippen molar-refractivity contribution in [1.82, 2.24) is 0 Å². The van der Waals surface area contributed by atoms with E-state index in [0.717, 1.165) is 23.3 Å². The fraction of sp³-hybridized carbons (Fsp3) is 0.0714. The van der Waals surface area contributed by atoms with E-state index in [-0.39, 0.29) is 0 Å². The van der Waals surface area contributed by atoms with E-state index in [2.05, 4.69) is 0 Å². The molecule has 2 aromatic carbocycles. The summed E-state index contributed by atoms with van der Waals surface area (Å²) in [5, 5.41) is 0. The van der Waals surface area contributed by atoms with Gasteiger partial charge in [0.05, 0.1) is 16.7 Å². The predicted molar refractivity (Wildman–Crippen MR) is 60.4 cm³/mol. The first-order valence-electron chi connectivity index (χ1n) is 5.13. The summed E-state index contributed by atoms with van der Waals surface area (Å²) >= 11 is 0. The van der Waals surface area contributed by atoms with Crippen LogP contribution in [0.4, 0.5) is 13.2 Å². The maximum absolute atomic E-state index is 12.3. The van der Waals surface area contributed by atoms with Gasteiger partial charge in [0.2, 0.25) is 0 Å². The van der Waals surface area contributed by atoms with Crippen LogP contribution in [-0.4, -0.2) is 0 Å². The molecule has 86 valence electrons. The molecule has 0 unspecified atom stereocenters. The van der Waals surface area contributed by atoms with Crippen molar-refractivity contribution in [3.05, 3.63) is 77.7 Å². The van der Waals surface area contributed by atoms with Crippen LogP contribution in [0.5, 0.6) is 0 Å². The quantitative estimate of drug-likeness (QED) is 0.680. The molecule has 0 atom stereocenters. The van der Waals surface area contributed by atoms with Crippen LogP contribution in [0.2, 0.25) is 0 Å². The third-order valence-corrected chi connectivity index (χ3v) is 2.37. The number of hydrogen-bond donors (Lipinski definition) is 0. The highest BCUT2D eigenvalue weighted by Crippen LogP contribution is 2.29. The Hall–Kier alpha value is -1.90. The summed E-state index contributed by atoms with van der Waals surface area (Å²) in [6.45, 7) is 0. The van der Waals surface area contributed by atoms with Gasteiger partial charge in [-0.05, 0) is 30.3 Å². The summed E-state index contributed by atoms with van der Waals surface area (Å²) in [7, 11) is 0. The first kappa shape index (κ1) is 11.6. The number of alkyl halides is 3. The molecular weight excluding hydrogens is 225 g/mol. The highest BCUT2D eigenvalue weighted by molar-refractivity contribution is 5.38. The van der Waals surface area contributed by atoms with Crippen LogP contribution >= 0.6 is 0 Å². The third-order valence-electron chi connectivity index (χ3n) is 2.37. The van der Waals surface area contributed by atoms with E-state index in [0.29, 0.717) is 0 Å². The number of halogens is 3. The van der Waals surface area contributed by atoms with Gasteiger partial charge < -0.3 is 0 Å². The SMILES string of the molecule is FC(F)(F)c1ccc([CH+]c2ccccc2)cc1. The Morgan fingerprint density at radius 2 is 1.24 bits per heavy atom. The van der Waals surface area contributed by atoms with Crippen molar-refractivity contribution >= 4 is 0 Å². The molecule has 0 fully saturated rings. The Morgan fingerprint density at radius 1 is 0.706 bits per heavy atom. The third kappa shape index (κ3) is 3.03. The van der Waals surface area contributed by atoms with Gasteiger partial charge in [0, 0.05) is 30.7 Å². The molecule has 0 saturated carbocycles. The molecule has 0 amide bonds. The highest BCUT2D eigenvalue weighted by atomic mass is 19.4. The number of hydrogen-bond acceptors (Lipinski definition) is 0. The fourth-order valence-corrected chi connectivity index (χ4v) is 1.51. The molecule has 0 heterocycles. The van der Waals surface area contributed by atoms with E-state index in [1.165, 1.54) is 12.1 Å². The second-order valence-electron chi connectivity index (χ2n) is 3.67. The van der Waals surface area contributed by atoms with E-state index in [1.807, 2.05) is 36.8 Å². The maximum atomic E-state index is 12.3. The molecule has 0 aliphatic heterocycles. The van der Waals surface area contributed by atoms with Crippen molar-refractivity contribution in [2.45, 2.75) is 6.18 Å². The molecule has 0 aliphatic rings. The lowest BCUT2D eigenvalue weighted by atomic mass is 10.0. The van der Waals surface area contributed by atoms with Gasteiger partial charge in [-0.2, -0.15) is 13.2 Å². The lowest BCUT2D eigenvalue weighted by Crippen LogP contribution is -2.04. The summed E-state index contributed by atoms with van der Waals surface area (Å²) < 4.78 is 37.0. The summed E-state index contributed by atoms with van der Waals surface area (Å²) in [5.74, 6) is 0. The van der Waals surface area contributed by atoms with E-state index in [4.69, 9.17) is 0 Å². The zero-order chi connectivity index (χ0) is 12.3. The van der Waals surface area contributed by atoms with Crippen LogP contribution in [0.15, 0.2) is 54.6 Å². The van der Waals surface area contributed by atoms with Gasteiger partial charge in [0.1, 0.15) is 0 Å². The summed E-state index contributed by atoms with van der Waals surface area (Å²) in [5.41, 5.74) is 1.10. The predicted octanol–water partition coefficient (Wildman–Crippen LogP) is 4.31. The fourth-order valence-electron chi connectivity index (χ4n) is 1.51. The second kappa shape index (κ2) is 4.53. The van der Waals surface area contributed by atoms with E-state index in [9.17, 15) is 13.2 Å². The molecule has 2 rings (SSSR count). The van der Waals surface area contributed by atoms with Gasteiger partial charge >= 0.3 is 6.18 Å². The molecule has 0 N–H and O–H groups in total. The van der Waals surface area contributed by atoms with Crippen LogP contribution < -0.4 is 0 Å². The van der Waals surface area contributed by atoms with E-state index < -0.39 is 11.7 Å². The summed E-state index contributed by atoms with van der Waals surface area (Å²) in [6, 6.07) is 14.6. The molecular formula is C14H10F3+. The van der Waals surface area contributed by atoms with Crippen molar-refractivity contribution in [2.24, 2.45) is 0 Å². The van der Waals surface area contributed by atoms with E-state index >= 15 is 0 Å². The molecule has 0 aromatic heterocycles. The van der Waals surface area contributed by atoms with Gasteiger partial charge in [0.15, 0.2) is 0 Å². The second-order valence-corrected chi connectivity index (χ2v) is 3.67. The Bertz CT molecular complexity index is 469. The van der Waals surface area contributed by atoms with E-state index in [1.54, 1.807) is 0 Å². The largest absolute Gasteiger partial charge is 0.417 e. The van der Waals surface area contributed by atoms with Crippen molar-refractivity contribution < 1.29 is 13.2 Å². The summed E-state index contributed by atoms with van der Waals surface area (Å²) in [6.07, 6.45) is -2.44. The van der Waals surface area contributed by atoms with Crippen LogP contribution in [-0.2, 0) is 6.18 Å². The molecule has 2 aromatic rings. The lowest BCUT2D eigenvalue weighted by molar-refractivity contribution is -0.137. The minimum Gasteiger partial charge on any atom is -0.166 e. The van der Waals surface area contributed by atoms with Crippen molar-refractivity contribution in [2.75, 3.05) is 0 Å². The maximum Gasteiger partial charge on any atom is 0.417 e. The smallest absolute Gasteiger partial charge is 0.166 e. The first-order chi connectivity index (χ1) is 8.05. The van der Waals surface area contributed by atoms with Crippen LogP contribution in [0, 0.1) is 6.42 Å². The molecule has 0 saturated heterocycles. The van der Waals surface area contributed by atoms with Crippen molar-refractivity contribution in [3.8, 4) is 0 Å². The molecule has 0 aliphatic carbocycles. The Balaban J connectivity index is 2.14. The average molecular weight is 235 g/mol. The normalized spacial score (nSPS) is 11.2. The monoisotopic (exact) mass is 235 g/mol. The van der Waals surface area contributed by atoms with Gasteiger partial charge in [-0.1, -0.05) is 0 Å². The Morgan fingerprint density at radius 3 is 1.76 bits per heavy atom. The van der Waals surface area contributed by atoms with Gasteiger partial charge in [-0.25, -0.2) is 0 Å². The molecule has 0 radical (unpaired) electrons. The zero-order valence-corrected chi connectivity index (χ0v) is 8.91. The molecule has 3 heteroatoms. The average Bonchev–Trinajstić information content (AvgIpc) is 2.30. The Labute approximate surface area is 97.7 Å². The molecule has 17 heavy (non-hydrogen) atoms. The van der Waals surface area contributed by atoms with Crippen molar-refractivity contribution in [3.63, 3.8) is 0 Å². The standard InChI is InChI=1S/C14H10F3/c15-14(16,17)13-8-6-12(7-9-13)10-11-4-2-1-3-5-11/h1-10H/q+1. The topological polar surface area (TPSA) is 0 Å². The molecule has 0 spiro atoms. The Kier molecular flexibility index (Phi) is 3.09. The number of benzene rings is 2. The van der Waals surface area contributed by atoms with Crippen LogP contribution in [0.3, 0.4) is 0 Å². The van der Waals surface area contributed by atoms with Gasteiger partial charge in [-0.3, -0.25) is 0 Å². The first-order valence-corrected chi connectivity index (χ1v) is 5.13. The minimum absolute atomic E-state index is 0.622. The zero-order valence-electron chi connectivity index (χ0n) is 8.91. The van der Waals surface area contributed by atoms with Crippen LogP contribution in [0.1, 0.15) is 16.7 Å². The molecule has 0 nitrogen and oxygen atoms in total. The molecule has 0 bridgehead atoms. The van der Waals surface area contributed by atoms with Crippen molar-refractivity contribution in [1.29, 1.82) is 0 Å². The highest BCUT2D eigenvalue weighted by Gasteiger charge is 2.30. The minimum atomic E-state index is -4.27. The number of rotatable bonds is 2. The van der Waals surface area contributed by atoms with Crippen LogP contribution in [0.25, 0.3) is 0 Å². The van der Waals surface area contributed by atoms with Gasteiger partial charge in [-0.15, -0.1) is 0 Å².